The van der Waals surface area contributed by atoms with E-state index in [1.807, 2.05) is 0 Å². The summed E-state index contributed by atoms with van der Waals surface area (Å²) in [5, 5.41) is 13.9. The van der Waals surface area contributed by atoms with Gasteiger partial charge >= 0.3 is 6.16 Å². The number of nitrogens with zero attached hydrogens (tertiary/aromatic N) is 2. The number of hydrogen-bond donors (Lipinski definition) is 2. The van der Waals surface area contributed by atoms with Crippen molar-refractivity contribution < 1.29 is 34.1 Å². The zero-order valence-corrected chi connectivity index (χ0v) is 24.8. The molecule has 2 amide bonds. The van der Waals surface area contributed by atoms with Gasteiger partial charge in [0.2, 0.25) is 11.8 Å². The first-order chi connectivity index (χ1) is 20.2. The van der Waals surface area contributed by atoms with Crippen LogP contribution in [0, 0.1) is 5.92 Å². The van der Waals surface area contributed by atoms with Crippen molar-refractivity contribution in [2.24, 2.45) is 5.92 Å². The number of fused-ring (bicyclic) bond motifs is 1. The van der Waals surface area contributed by atoms with Crippen LogP contribution >= 0.6 is 0 Å². The number of aryl methyl sites for hydroxylation is 1. The Morgan fingerprint density at radius 2 is 1.76 bits per heavy atom. The van der Waals surface area contributed by atoms with Crippen LogP contribution in [0.2, 0.25) is 0 Å². The number of hydrogen-bond acceptors (Lipinski definition) is 6. The van der Waals surface area contributed by atoms with Crippen molar-refractivity contribution in [2.45, 2.75) is 83.7 Å². The predicted octanol–water partition coefficient (Wildman–Crippen LogP) is 6.08. The van der Waals surface area contributed by atoms with Crippen LogP contribution < -0.4 is 9.47 Å². The van der Waals surface area contributed by atoms with Crippen molar-refractivity contribution in [3.63, 3.8) is 0 Å². The minimum atomic E-state index is -1.83. The molecule has 0 aromatic heterocycles. The van der Waals surface area contributed by atoms with Crippen LogP contribution in [0.15, 0.2) is 36.4 Å². The molecule has 0 spiro atoms. The summed E-state index contributed by atoms with van der Waals surface area (Å²) in [6.45, 7) is 5.60. The number of ether oxygens (including phenoxy) is 2. The summed E-state index contributed by atoms with van der Waals surface area (Å²) in [5.74, 6) is 2.60. The van der Waals surface area contributed by atoms with Gasteiger partial charge in [-0.15, -0.1) is 0 Å². The summed E-state index contributed by atoms with van der Waals surface area (Å²) in [5.41, 5.74) is 5.07. The van der Waals surface area contributed by atoms with Crippen molar-refractivity contribution in [1.82, 2.24) is 9.80 Å². The van der Waals surface area contributed by atoms with Crippen LogP contribution in [-0.4, -0.2) is 64.8 Å². The van der Waals surface area contributed by atoms with Gasteiger partial charge in [-0.3, -0.25) is 19.4 Å². The van der Waals surface area contributed by atoms with Gasteiger partial charge < -0.3 is 19.7 Å². The van der Waals surface area contributed by atoms with Gasteiger partial charge in [0, 0.05) is 44.9 Å². The number of imide groups is 1. The third-order valence-corrected chi connectivity index (χ3v) is 8.68. The molecule has 1 atom stereocenters. The van der Waals surface area contributed by atoms with E-state index in [1.54, 1.807) is 7.11 Å². The first-order valence-electron chi connectivity index (χ1n) is 15.2. The molecule has 5 rings (SSSR count). The molecule has 1 aliphatic carbocycles. The second kappa shape index (κ2) is 15.0. The van der Waals surface area contributed by atoms with Crippen molar-refractivity contribution in [3.05, 3.63) is 58.7 Å². The van der Waals surface area contributed by atoms with Crippen molar-refractivity contribution in [1.29, 1.82) is 0 Å². The first kappa shape index (κ1) is 31.3. The van der Waals surface area contributed by atoms with E-state index >= 15 is 0 Å². The SMILES string of the molecule is COc1cc(CN(CC2CCCCC2)C(C)c2ccc3c(c2)CCO3)ccc1CCCN1C(=O)CCC1=O.O=C(O)O. The average Bonchev–Trinajstić information content (AvgIpc) is 3.58. The van der Waals surface area contributed by atoms with Gasteiger partial charge in [0.15, 0.2) is 0 Å². The molecule has 9 nitrogen and oxygen atoms in total. The Labute approximate surface area is 248 Å². The number of methoxy groups -OCH3 is 1. The maximum atomic E-state index is 11.9. The summed E-state index contributed by atoms with van der Waals surface area (Å²) in [6, 6.07) is 13.6. The Hall–Kier alpha value is -3.59. The lowest BCUT2D eigenvalue weighted by atomic mass is 9.88. The highest BCUT2D eigenvalue weighted by atomic mass is 16.6. The van der Waals surface area contributed by atoms with E-state index in [4.69, 9.17) is 24.5 Å². The average molecular weight is 581 g/mol. The standard InChI is InChI=1S/C32H42N2O4.CH2O3/c1-23(27-12-13-29-28(20-27)16-18-38-29)33(21-24-7-4-3-5-8-24)22-25-10-11-26(30(19-25)37-2)9-6-17-34-31(35)14-15-32(34)36;2-1(3)4/h10-13,19-20,23-24H,3-9,14-18,21-22H2,1-2H3;(H2,2,3,4). The third-order valence-electron chi connectivity index (χ3n) is 8.68. The Morgan fingerprint density at radius 1 is 1.05 bits per heavy atom. The Balaban J connectivity index is 0.000000952. The zero-order chi connectivity index (χ0) is 30.1. The van der Waals surface area contributed by atoms with Crippen molar-refractivity contribution in [3.8, 4) is 11.5 Å². The van der Waals surface area contributed by atoms with Gasteiger partial charge in [0.25, 0.3) is 0 Å². The number of amides is 2. The highest BCUT2D eigenvalue weighted by Gasteiger charge is 2.28. The molecule has 0 bridgehead atoms. The largest absolute Gasteiger partial charge is 0.503 e. The molecule has 1 saturated carbocycles. The van der Waals surface area contributed by atoms with Gasteiger partial charge in [-0.25, -0.2) is 4.79 Å². The van der Waals surface area contributed by atoms with Crippen LogP contribution in [0.3, 0.4) is 0 Å². The minimum Gasteiger partial charge on any atom is -0.496 e. The summed E-state index contributed by atoms with van der Waals surface area (Å²) in [4.78, 5) is 36.5. The Kier molecular flexibility index (Phi) is 11.2. The van der Waals surface area contributed by atoms with Gasteiger partial charge in [-0.1, -0.05) is 43.5 Å². The van der Waals surface area contributed by atoms with Gasteiger partial charge in [0.05, 0.1) is 13.7 Å². The summed E-state index contributed by atoms with van der Waals surface area (Å²) in [6.07, 6.45) is 8.11. The smallest absolute Gasteiger partial charge is 0.496 e. The monoisotopic (exact) mass is 580 g/mol. The van der Waals surface area contributed by atoms with E-state index in [0.29, 0.717) is 25.4 Å². The number of benzene rings is 2. The topological polar surface area (TPSA) is 117 Å². The highest BCUT2D eigenvalue weighted by Crippen LogP contribution is 2.34. The van der Waals surface area contributed by atoms with E-state index in [1.165, 1.54) is 53.7 Å². The van der Waals surface area contributed by atoms with Gasteiger partial charge in [-0.2, -0.15) is 0 Å². The van der Waals surface area contributed by atoms with E-state index in [2.05, 4.69) is 48.2 Å². The molecule has 2 fully saturated rings. The molecule has 2 aliphatic heterocycles. The maximum absolute atomic E-state index is 11.9. The maximum Gasteiger partial charge on any atom is 0.503 e. The molecule has 1 saturated heterocycles. The zero-order valence-electron chi connectivity index (χ0n) is 24.8. The molecule has 2 aromatic rings. The molecule has 228 valence electrons. The van der Waals surface area contributed by atoms with E-state index in [-0.39, 0.29) is 11.8 Å². The summed E-state index contributed by atoms with van der Waals surface area (Å²) >= 11 is 0. The fourth-order valence-corrected chi connectivity index (χ4v) is 6.37. The van der Waals surface area contributed by atoms with Crippen LogP contribution in [0.4, 0.5) is 4.79 Å². The number of carboxylic acid groups (broad SMARTS) is 2. The van der Waals surface area contributed by atoms with E-state index in [9.17, 15) is 9.59 Å². The van der Waals surface area contributed by atoms with Crippen LogP contribution in [0.1, 0.15) is 86.6 Å². The summed E-state index contributed by atoms with van der Waals surface area (Å²) in [7, 11) is 1.73. The van der Waals surface area contributed by atoms with Crippen molar-refractivity contribution >= 4 is 18.0 Å². The molecular weight excluding hydrogens is 536 g/mol. The fourth-order valence-electron chi connectivity index (χ4n) is 6.37. The van der Waals surface area contributed by atoms with Crippen molar-refractivity contribution in [2.75, 3.05) is 26.8 Å². The molecule has 2 heterocycles. The molecular formula is C33H44N2O7. The molecule has 2 N–H and O–H groups in total. The summed E-state index contributed by atoms with van der Waals surface area (Å²) < 4.78 is 11.5. The fraction of sp³-hybridized carbons (Fsp3) is 0.545. The Bertz CT molecular complexity index is 1220. The molecule has 0 radical (unpaired) electrons. The normalized spacial score (nSPS) is 17.5. The number of rotatable bonds is 11. The molecule has 1 unspecified atom stereocenters. The second-order valence-corrected chi connectivity index (χ2v) is 11.5. The predicted molar refractivity (Wildman–Crippen MR) is 159 cm³/mol. The number of likely N-dealkylation sites (tertiary alicyclic amines) is 1. The van der Waals surface area contributed by atoms with E-state index < -0.39 is 6.16 Å². The molecule has 2 aromatic carbocycles. The lowest BCUT2D eigenvalue weighted by Crippen LogP contribution is -2.32. The minimum absolute atomic E-state index is 0.0413. The van der Waals surface area contributed by atoms with Gasteiger partial charge in [0.1, 0.15) is 11.5 Å². The lowest BCUT2D eigenvalue weighted by Gasteiger charge is -2.34. The number of carbonyl (C=O) groups is 3. The molecule has 3 aliphatic rings. The van der Waals surface area contributed by atoms with Crippen LogP contribution in [-0.2, 0) is 29.0 Å². The number of carbonyl (C=O) groups excluding carboxylic acids is 2. The highest BCUT2D eigenvalue weighted by molar-refractivity contribution is 6.01. The quantitative estimate of drug-likeness (QED) is 0.307. The first-order valence-corrected chi connectivity index (χ1v) is 15.2. The Morgan fingerprint density at radius 3 is 2.45 bits per heavy atom. The second-order valence-electron chi connectivity index (χ2n) is 11.5. The van der Waals surface area contributed by atoms with E-state index in [0.717, 1.165) is 61.9 Å². The molecule has 9 heteroatoms. The molecule has 42 heavy (non-hydrogen) atoms. The van der Waals surface area contributed by atoms with Crippen LogP contribution in [0.25, 0.3) is 0 Å². The van der Waals surface area contributed by atoms with Gasteiger partial charge in [-0.05, 0) is 72.9 Å². The lowest BCUT2D eigenvalue weighted by molar-refractivity contribution is -0.138. The van der Waals surface area contributed by atoms with Crippen LogP contribution in [0.5, 0.6) is 11.5 Å². The third kappa shape index (κ3) is 8.47.